The standard InChI is InChI=1S/C14H15ClN4/c15-12-3-1-4-13(11-12)18-7-9-19(10-8-18)14-16-5-2-6-17-14/h1-6,11H,7-10H2. The van der Waals surface area contributed by atoms with Crippen molar-refractivity contribution < 1.29 is 0 Å². The number of piperazine rings is 1. The molecule has 1 aromatic carbocycles. The van der Waals surface area contributed by atoms with E-state index in [4.69, 9.17) is 11.6 Å². The summed E-state index contributed by atoms with van der Waals surface area (Å²) in [5.74, 6) is 0.813. The van der Waals surface area contributed by atoms with Crippen molar-refractivity contribution >= 4 is 23.2 Å². The lowest BCUT2D eigenvalue weighted by molar-refractivity contribution is 0.640. The first-order valence-electron chi connectivity index (χ1n) is 6.35. The first kappa shape index (κ1) is 12.2. The highest BCUT2D eigenvalue weighted by atomic mass is 35.5. The van der Waals surface area contributed by atoms with Crippen molar-refractivity contribution in [3.8, 4) is 0 Å². The van der Waals surface area contributed by atoms with Gasteiger partial charge in [-0.1, -0.05) is 17.7 Å². The fourth-order valence-corrected chi connectivity index (χ4v) is 2.48. The predicted molar refractivity (Wildman–Crippen MR) is 77.9 cm³/mol. The molecule has 0 radical (unpaired) electrons. The van der Waals surface area contributed by atoms with Crippen molar-refractivity contribution in [1.82, 2.24) is 9.97 Å². The molecule has 1 saturated heterocycles. The summed E-state index contributed by atoms with van der Waals surface area (Å²) < 4.78 is 0. The van der Waals surface area contributed by atoms with Gasteiger partial charge in [0.15, 0.2) is 0 Å². The number of halogens is 1. The van der Waals surface area contributed by atoms with Crippen LogP contribution in [0.25, 0.3) is 0 Å². The van der Waals surface area contributed by atoms with Crippen molar-refractivity contribution in [1.29, 1.82) is 0 Å². The Bertz CT molecular complexity index is 538. The van der Waals surface area contributed by atoms with E-state index in [0.717, 1.165) is 37.1 Å². The van der Waals surface area contributed by atoms with Crippen molar-refractivity contribution in [2.45, 2.75) is 0 Å². The van der Waals surface area contributed by atoms with Crippen LogP contribution >= 0.6 is 11.6 Å². The largest absolute Gasteiger partial charge is 0.368 e. The molecule has 3 rings (SSSR count). The van der Waals surface area contributed by atoms with Crippen molar-refractivity contribution in [2.75, 3.05) is 36.0 Å². The van der Waals surface area contributed by atoms with Gasteiger partial charge in [0.1, 0.15) is 0 Å². The summed E-state index contributed by atoms with van der Waals surface area (Å²) in [6.45, 7) is 3.77. The number of aromatic nitrogens is 2. The SMILES string of the molecule is Clc1cccc(N2CCN(c3ncccn3)CC2)c1. The zero-order valence-electron chi connectivity index (χ0n) is 10.5. The molecule has 0 bridgehead atoms. The Kier molecular flexibility index (Phi) is 3.51. The quantitative estimate of drug-likeness (QED) is 0.842. The molecular weight excluding hydrogens is 260 g/mol. The van der Waals surface area contributed by atoms with Gasteiger partial charge in [0.25, 0.3) is 0 Å². The highest BCUT2D eigenvalue weighted by Crippen LogP contribution is 2.21. The fraction of sp³-hybridized carbons (Fsp3) is 0.286. The molecule has 0 spiro atoms. The third kappa shape index (κ3) is 2.79. The number of anilines is 2. The molecule has 1 fully saturated rings. The molecule has 2 heterocycles. The Morgan fingerprint density at radius 3 is 2.26 bits per heavy atom. The van der Waals surface area contributed by atoms with Crippen molar-refractivity contribution in [2.24, 2.45) is 0 Å². The minimum Gasteiger partial charge on any atom is -0.368 e. The van der Waals surface area contributed by atoms with Gasteiger partial charge in [0.2, 0.25) is 5.95 Å². The highest BCUT2D eigenvalue weighted by Gasteiger charge is 2.18. The van der Waals surface area contributed by atoms with Crippen LogP contribution in [0.15, 0.2) is 42.7 Å². The minimum atomic E-state index is 0.784. The fourth-order valence-electron chi connectivity index (χ4n) is 2.29. The predicted octanol–water partition coefficient (Wildman–Crippen LogP) is 2.46. The first-order valence-corrected chi connectivity index (χ1v) is 6.73. The maximum atomic E-state index is 6.03. The van der Waals surface area contributed by atoms with Gasteiger partial charge in [-0.2, -0.15) is 0 Å². The molecule has 2 aromatic rings. The van der Waals surface area contributed by atoms with Gasteiger partial charge in [-0.15, -0.1) is 0 Å². The van der Waals surface area contributed by atoms with E-state index in [0.29, 0.717) is 0 Å². The van der Waals surface area contributed by atoms with Gasteiger partial charge >= 0.3 is 0 Å². The summed E-state index contributed by atoms with van der Waals surface area (Å²) in [6, 6.07) is 9.84. The van der Waals surface area contributed by atoms with Crippen LogP contribution in [0.3, 0.4) is 0 Å². The van der Waals surface area contributed by atoms with E-state index in [1.54, 1.807) is 12.4 Å². The number of nitrogens with zero attached hydrogens (tertiary/aromatic N) is 4. The Labute approximate surface area is 117 Å². The Hall–Kier alpha value is -1.81. The van der Waals surface area contributed by atoms with Gasteiger partial charge < -0.3 is 9.80 Å². The second-order valence-electron chi connectivity index (χ2n) is 4.50. The van der Waals surface area contributed by atoms with Gasteiger partial charge in [-0.25, -0.2) is 9.97 Å². The van der Waals surface area contributed by atoms with Crippen LogP contribution in [0.2, 0.25) is 5.02 Å². The molecule has 1 aromatic heterocycles. The number of hydrogen-bond donors (Lipinski definition) is 0. The van der Waals surface area contributed by atoms with E-state index >= 15 is 0 Å². The van der Waals surface area contributed by atoms with Crippen LogP contribution in [-0.4, -0.2) is 36.1 Å². The van der Waals surface area contributed by atoms with E-state index in [2.05, 4.69) is 25.8 Å². The maximum absolute atomic E-state index is 6.03. The van der Waals surface area contributed by atoms with Gasteiger partial charge in [0.05, 0.1) is 0 Å². The molecule has 0 N–H and O–H groups in total. The summed E-state index contributed by atoms with van der Waals surface area (Å²) in [6.07, 6.45) is 3.57. The molecule has 98 valence electrons. The monoisotopic (exact) mass is 274 g/mol. The van der Waals surface area contributed by atoms with E-state index < -0.39 is 0 Å². The molecule has 1 aliphatic heterocycles. The molecule has 0 unspecified atom stereocenters. The van der Waals surface area contributed by atoms with E-state index in [1.807, 2.05) is 24.3 Å². The summed E-state index contributed by atoms with van der Waals surface area (Å²) >= 11 is 6.03. The molecule has 19 heavy (non-hydrogen) atoms. The van der Waals surface area contributed by atoms with Crippen LogP contribution in [0.4, 0.5) is 11.6 Å². The molecule has 1 aliphatic rings. The summed E-state index contributed by atoms with van der Waals surface area (Å²) in [5.41, 5.74) is 1.18. The lowest BCUT2D eigenvalue weighted by Gasteiger charge is -2.36. The topological polar surface area (TPSA) is 32.3 Å². The molecule has 5 heteroatoms. The van der Waals surface area contributed by atoms with Crippen LogP contribution in [0.5, 0.6) is 0 Å². The smallest absolute Gasteiger partial charge is 0.225 e. The molecule has 0 atom stereocenters. The van der Waals surface area contributed by atoms with Crippen LogP contribution < -0.4 is 9.80 Å². The third-order valence-electron chi connectivity index (χ3n) is 3.29. The third-order valence-corrected chi connectivity index (χ3v) is 3.52. The van der Waals surface area contributed by atoms with Crippen LogP contribution in [0, 0.1) is 0 Å². The summed E-state index contributed by atoms with van der Waals surface area (Å²) in [4.78, 5) is 13.1. The number of benzene rings is 1. The number of rotatable bonds is 2. The second-order valence-corrected chi connectivity index (χ2v) is 4.94. The van der Waals surface area contributed by atoms with E-state index in [9.17, 15) is 0 Å². The highest BCUT2D eigenvalue weighted by molar-refractivity contribution is 6.30. The first-order chi connectivity index (χ1) is 9.33. The van der Waals surface area contributed by atoms with E-state index in [1.165, 1.54) is 5.69 Å². The lowest BCUT2D eigenvalue weighted by atomic mass is 10.2. The summed E-state index contributed by atoms with van der Waals surface area (Å²) in [7, 11) is 0. The number of hydrogen-bond acceptors (Lipinski definition) is 4. The second kappa shape index (κ2) is 5.45. The average Bonchev–Trinajstić information content (AvgIpc) is 2.48. The average molecular weight is 275 g/mol. The lowest BCUT2D eigenvalue weighted by Crippen LogP contribution is -2.47. The van der Waals surface area contributed by atoms with Gasteiger partial charge in [-0.05, 0) is 24.3 Å². The molecule has 0 saturated carbocycles. The van der Waals surface area contributed by atoms with Crippen LogP contribution in [0.1, 0.15) is 0 Å². The van der Waals surface area contributed by atoms with Gasteiger partial charge in [-0.3, -0.25) is 0 Å². The van der Waals surface area contributed by atoms with Crippen LogP contribution in [-0.2, 0) is 0 Å². The Morgan fingerprint density at radius 2 is 1.58 bits per heavy atom. The van der Waals surface area contributed by atoms with Crippen molar-refractivity contribution in [3.05, 3.63) is 47.7 Å². The minimum absolute atomic E-state index is 0.784. The molecule has 0 aliphatic carbocycles. The van der Waals surface area contributed by atoms with Gasteiger partial charge in [0, 0.05) is 49.3 Å². The molecule has 0 amide bonds. The normalized spacial score (nSPS) is 15.6. The summed E-state index contributed by atoms with van der Waals surface area (Å²) in [5, 5.41) is 0.784. The Morgan fingerprint density at radius 1 is 0.895 bits per heavy atom. The zero-order valence-corrected chi connectivity index (χ0v) is 11.3. The maximum Gasteiger partial charge on any atom is 0.225 e. The van der Waals surface area contributed by atoms with E-state index in [-0.39, 0.29) is 0 Å². The molecule has 4 nitrogen and oxygen atoms in total. The Balaban J connectivity index is 1.67. The molecular formula is C14H15ClN4. The van der Waals surface area contributed by atoms with Crippen molar-refractivity contribution in [3.63, 3.8) is 0 Å². The zero-order chi connectivity index (χ0) is 13.1.